The minimum absolute atomic E-state index is 0.359. The Bertz CT molecular complexity index is 516. The summed E-state index contributed by atoms with van der Waals surface area (Å²) in [5, 5.41) is 0. The molecule has 0 fully saturated rings. The van der Waals surface area contributed by atoms with Crippen LogP contribution in [0, 0.1) is 0 Å². The third kappa shape index (κ3) is 12.7. The number of allylic oxidation sites excluding steroid dienone is 3. The summed E-state index contributed by atoms with van der Waals surface area (Å²) < 4.78 is 5.09. The molecular formula is C26H44O3. The van der Waals surface area contributed by atoms with E-state index in [4.69, 9.17) is 4.74 Å². The summed E-state index contributed by atoms with van der Waals surface area (Å²) in [5.41, 5.74) is 0.607. The number of carbonyl (C=O) groups excluding carboxylic acids is 2. The summed E-state index contributed by atoms with van der Waals surface area (Å²) >= 11 is 0. The highest BCUT2D eigenvalue weighted by molar-refractivity contribution is 6.48. The quantitative estimate of drug-likeness (QED) is 0.126. The Balaban J connectivity index is 1.86. The SMILES string of the molecule is CCCCCCCCCCCCCCCCCCCC1=CC(OC)=CC(=O)C1=O. The first kappa shape index (κ1) is 25.7. The Labute approximate surface area is 179 Å². The molecule has 0 unspecified atom stereocenters. The lowest BCUT2D eigenvalue weighted by atomic mass is 9.95. The summed E-state index contributed by atoms with van der Waals surface area (Å²) in [7, 11) is 1.53. The van der Waals surface area contributed by atoms with Gasteiger partial charge >= 0.3 is 0 Å². The third-order valence-corrected chi connectivity index (χ3v) is 5.89. The van der Waals surface area contributed by atoms with E-state index < -0.39 is 5.78 Å². The van der Waals surface area contributed by atoms with E-state index in [1.807, 2.05) is 0 Å². The predicted molar refractivity (Wildman–Crippen MR) is 122 cm³/mol. The molecule has 3 nitrogen and oxygen atoms in total. The smallest absolute Gasteiger partial charge is 0.229 e. The van der Waals surface area contributed by atoms with Crippen LogP contribution in [-0.2, 0) is 14.3 Å². The number of methoxy groups -OCH3 is 1. The van der Waals surface area contributed by atoms with E-state index in [-0.39, 0.29) is 5.78 Å². The van der Waals surface area contributed by atoms with Gasteiger partial charge < -0.3 is 4.74 Å². The van der Waals surface area contributed by atoms with Gasteiger partial charge in [-0.1, -0.05) is 110 Å². The Kier molecular flexibility index (Phi) is 15.5. The lowest BCUT2D eigenvalue weighted by Gasteiger charge is -2.11. The van der Waals surface area contributed by atoms with Gasteiger partial charge in [-0.05, 0) is 18.9 Å². The zero-order chi connectivity index (χ0) is 21.2. The second-order valence-corrected chi connectivity index (χ2v) is 8.52. The molecule has 0 aliphatic heterocycles. The minimum atomic E-state index is -0.452. The molecule has 166 valence electrons. The van der Waals surface area contributed by atoms with Crippen LogP contribution in [0.2, 0.25) is 0 Å². The molecule has 0 aromatic rings. The molecule has 0 saturated heterocycles. The summed E-state index contributed by atoms with van der Waals surface area (Å²) in [6.45, 7) is 2.28. The fourth-order valence-corrected chi connectivity index (χ4v) is 3.98. The normalized spacial score (nSPS) is 14.1. The van der Waals surface area contributed by atoms with Crippen molar-refractivity contribution >= 4 is 11.6 Å². The maximum absolute atomic E-state index is 11.9. The van der Waals surface area contributed by atoms with E-state index >= 15 is 0 Å². The van der Waals surface area contributed by atoms with Crippen molar-refractivity contribution in [1.82, 2.24) is 0 Å². The number of ether oxygens (including phenoxy) is 1. The molecule has 1 rings (SSSR count). The maximum atomic E-state index is 11.9. The molecule has 29 heavy (non-hydrogen) atoms. The van der Waals surface area contributed by atoms with E-state index in [1.54, 1.807) is 6.08 Å². The number of hydrogen-bond donors (Lipinski definition) is 0. The van der Waals surface area contributed by atoms with E-state index in [2.05, 4.69) is 6.92 Å². The van der Waals surface area contributed by atoms with E-state index in [1.165, 1.54) is 109 Å². The van der Waals surface area contributed by atoms with Crippen molar-refractivity contribution in [3.63, 3.8) is 0 Å². The zero-order valence-corrected chi connectivity index (χ0v) is 19.1. The second-order valence-electron chi connectivity index (χ2n) is 8.52. The Morgan fingerprint density at radius 2 is 1.03 bits per heavy atom. The minimum Gasteiger partial charge on any atom is -0.497 e. The predicted octanol–water partition coefficient (Wildman–Crippen LogP) is 7.64. The van der Waals surface area contributed by atoms with Crippen LogP contribution in [0.4, 0.5) is 0 Å². The molecule has 0 heterocycles. The van der Waals surface area contributed by atoms with Crippen molar-refractivity contribution in [3.05, 3.63) is 23.5 Å². The molecule has 0 saturated carbocycles. The summed E-state index contributed by atoms with van der Waals surface area (Å²) in [5.74, 6) is -0.315. The molecule has 1 aliphatic rings. The van der Waals surface area contributed by atoms with Crippen LogP contribution in [0.15, 0.2) is 23.5 Å². The van der Waals surface area contributed by atoms with Crippen LogP contribution in [-0.4, -0.2) is 18.7 Å². The molecule has 0 aromatic carbocycles. The van der Waals surface area contributed by atoms with Gasteiger partial charge in [0.05, 0.1) is 7.11 Å². The van der Waals surface area contributed by atoms with Gasteiger partial charge in [0, 0.05) is 11.6 Å². The summed E-state index contributed by atoms with van der Waals surface area (Å²) in [4.78, 5) is 23.5. The van der Waals surface area contributed by atoms with Crippen LogP contribution in [0.3, 0.4) is 0 Å². The van der Waals surface area contributed by atoms with Crippen molar-refractivity contribution in [3.8, 4) is 0 Å². The van der Waals surface area contributed by atoms with Gasteiger partial charge in [0.2, 0.25) is 11.6 Å². The molecule has 0 N–H and O–H groups in total. The molecule has 0 aromatic heterocycles. The van der Waals surface area contributed by atoms with Crippen molar-refractivity contribution < 1.29 is 14.3 Å². The van der Waals surface area contributed by atoms with Crippen LogP contribution in [0.25, 0.3) is 0 Å². The highest BCUT2D eigenvalue weighted by atomic mass is 16.5. The Morgan fingerprint density at radius 1 is 0.621 bits per heavy atom. The monoisotopic (exact) mass is 404 g/mol. The first-order chi connectivity index (χ1) is 14.2. The van der Waals surface area contributed by atoms with E-state index in [0.717, 1.165) is 12.8 Å². The molecule has 0 bridgehead atoms. The number of rotatable bonds is 19. The van der Waals surface area contributed by atoms with Gasteiger partial charge in [-0.25, -0.2) is 0 Å². The molecule has 1 aliphatic carbocycles. The molecule has 0 atom stereocenters. The average Bonchev–Trinajstić information content (AvgIpc) is 2.73. The lowest BCUT2D eigenvalue weighted by molar-refractivity contribution is -0.131. The van der Waals surface area contributed by atoms with Gasteiger partial charge in [0.25, 0.3) is 0 Å². The topological polar surface area (TPSA) is 43.4 Å². The fraction of sp³-hybridized carbons (Fsp3) is 0.769. The molecule has 0 radical (unpaired) electrons. The highest BCUT2D eigenvalue weighted by Gasteiger charge is 2.22. The van der Waals surface area contributed by atoms with Crippen LogP contribution >= 0.6 is 0 Å². The lowest BCUT2D eigenvalue weighted by Crippen LogP contribution is -2.18. The number of hydrogen-bond acceptors (Lipinski definition) is 3. The van der Waals surface area contributed by atoms with Gasteiger partial charge in [-0.3, -0.25) is 9.59 Å². The van der Waals surface area contributed by atoms with Gasteiger partial charge in [0.1, 0.15) is 5.76 Å². The van der Waals surface area contributed by atoms with Crippen LogP contribution in [0.5, 0.6) is 0 Å². The van der Waals surface area contributed by atoms with Gasteiger partial charge in [-0.15, -0.1) is 0 Å². The summed E-state index contributed by atoms with van der Waals surface area (Å²) in [6, 6.07) is 0. The Hall–Kier alpha value is -1.38. The first-order valence-electron chi connectivity index (χ1n) is 12.2. The molecule has 3 heteroatoms. The first-order valence-corrected chi connectivity index (χ1v) is 12.2. The van der Waals surface area contributed by atoms with Crippen molar-refractivity contribution in [2.24, 2.45) is 0 Å². The fourth-order valence-electron chi connectivity index (χ4n) is 3.98. The van der Waals surface area contributed by atoms with E-state index in [0.29, 0.717) is 17.8 Å². The van der Waals surface area contributed by atoms with Crippen LogP contribution < -0.4 is 0 Å². The number of unbranched alkanes of at least 4 members (excludes halogenated alkanes) is 16. The standard InChI is InChI=1S/C26H44O3/c1-3-4-5-6-7-8-9-10-11-12-13-14-15-16-17-18-19-20-23-21-24(29-2)22-25(27)26(23)28/h21-22H,3-20H2,1-2H3. The molecule has 0 spiro atoms. The number of ketones is 2. The highest BCUT2D eigenvalue weighted by Crippen LogP contribution is 2.19. The second kappa shape index (κ2) is 17.5. The molecule has 0 amide bonds. The average molecular weight is 405 g/mol. The van der Waals surface area contributed by atoms with E-state index in [9.17, 15) is 9.59 Å². The van der Waals surface area contributed by atoms with Crippen molar-refractivity contribution in [1.29, 1.82) is 0 Å². The van der Waals surface area contributed by atoms with Crippen molar-refractivity contribution in [2.75, 3.05) is 7.11 Å². The number of Topliss-reactive ketones (excluding diaryl/α,β-unsaturated/α-hetero) is 1. The molecular weight excluding hydrogens is 360 g/mol. The zero-order valence-electron chi connectivity index (χ0n) is 19.1. The Morgan fingerprint density at radius 3 is 1.45 bits per heavy atom. The maximum Gasteiger partial charge on any atom is 0.229 e. The van der Waals surface area contributed by atoms with Gasteiger partial charge in [-0.2, -0.15) is 0 Å². The largest absolute Gasteiger partial charge is 0.497 e. The van der Waals surface area contributed by atoms with Crippen molar-refractivity contribution in [2.45, 2.75) is 122 Å². The van der Waals surface area contributed by atoms with Crippen LogP contribution in [0.1, 0.15) is 122 Å². The summed E-state index contributed by atoms with van der Waals surface area (Å²) in [6.07, 6.45) is 26.5. The number of carbonyl (C=O) groups is 2. The van der Waals surface area contributed by atoms with Gasteiger partial charge in [0.15, 0.2) is 0 Å². The third-order valence-electron chi connectivity index (χ3n) is 5.89.